The zero-order chi connectivity index (χ0) is 25.5. The molecule has 35 heavy (non-hydrogen) atoms. The van der Waals surface area contributed by atoms with Gasteiger partial charge in [0.1, 0.15) is 11.8 Å². The number of nitrogens with zero attached hydrogens (tertiary/aromatic N) is 1. The Morgan fingerprint density at radius 3 is 2.49 bits per heavy atom. The van der Waals surface area contributed by atoms with Crippen LogP contribution in [0.2, 0.25) is 0 Å². The van der Waals surface area contributed by atoms with E-state index < -0.39 is 28.7 Å². The maximum Gasteiger partial charge on any atom is 0.244 e. The normalized spacial score (nSPS) is 32.0. The van der Waals surface area contributed by atoms with Crippen molar-refractivity contribution in [2.75, 3.05) is 18.5 Å². The molecule has 0 aliphatic carbocycles. The van der Waals surface area contributed by atoms with E-state index in [0.29, 0.717) is 18.7 Å². The fourth-order valence-corrected chi connectivity index (χ4v) is 8.66. The van der Waals surface area contributed by atoms with Crippen LogP contribution >= 0.6 is 11.8 Å². The van der Waals surface area contributed by atoms with Crippen molar-refractivity contribution < 1.29 is 24.2 Å². The topological polar surface area (TPSA) is 108 Å². The van der Waals surface area contributed by atoms with Gasteiger partial charge in [-0.15, -0.1) is 11.8 Å². The third kappa shape index (κ3) is 4.20. The number of amides is 3. The van der Waals surface area contributed by atoms with Gasteiger partial charge in [0, 0.05) is 17.0 Å². The summed E-state index contributed by atoms with van der Waals surface area (Å²) in [6, 6.07) is 5.94. The van der Waals surface area contributed by atoms with Crippen LogP contribution in [0.3, 0.4) is 0 Å². The van der Waals surface area contributed by atoms with Gasteiger partial charge in [-0.05, 0) is 63.8 Å². The maximum atomic E-state index is 14.0. The van der Waals surface area contributed by atoms with E-state index in [1.807, 2.05) is 27.7 Å². The van der Waals surface area contributed by atoms with Gasteiger partial charge in [-0.25, -0.2) is 0 Å². The van der Waals surface area contributed by atoms with E-state index in [1.165, 1.54) is 0 Å². The first kappa shape index (κ1) is 25.8. The molecule has 7 atom stereocenters. The molecule has 1 aromatic rings. The van der Waals surface area contributed by atoms with Crippen molar-refractivity contribution in [2.24, 2.45) is 17.8 Å². The molecule has 1 spiro atoms. The van der Waals surface area contributed by atoms with Gasteiger partial charge in [-0.1, -0.05) is 13.8 Å². The number of aliphatic hydroxyl groups excluding tert-OH is 1. The Kier molecular flexibility index (Phi) is 7.38. The number of rotatable bonds is 9. The monoisotopic (exact) mass is 503 g/mol. The number of nitrogens with one attached hydrogen (secondary N) is 2. The lowest BCUT2D eigenvalue weighted by atomic mass is 9.65. The molecule has 9 heteroatoms. The second-order valence-corrected chi connectivity index (χ2v) is 11.7. The van der Waals surface area contributed by atoms with Crippen LogP contribution in [0.5, 0.6) is 5.75 Å². The summed E-state index contributed by atoms with van der Waals surface area (Å²) in [6.07, 6.45) is 1.30. The molecule has 3 N–H and O–H groups in total. The molecule has 3 unspecified atom stereocenters. The van der Waals surface area contributed by atoms with Gasteiger partial charge >= 0.3 is 0 Å². The van der Waals surface area contributed by atoms with Crippen LogP contribution in [-0.2, 0) is 14.4 Å². The van der Waals surface area contributed by atoms with Crippen LogP contribution in [0.15, 0.2) is 24.3 Å². The Balaban J connectivity index is 1.68. The number of likely N-dealkylation sites (tertiary alicyclic amines) is 1. The number of benzene rings is 1. The minimum absolute atomic E-state index is 0.0349. The third-order valence-corrected chi connectivity index (χ3v) is 9.75. The molecule has 3 aliphatic rings. The summed E-state index contributed by atoms with van der Waals surface area (Å²) in [5, 5.41) is 16.1. The van der Waals surface area contributed by atoms with Gasteiger partial charge < -0.3 is 25.4 Å². The molecule has 3 saturated heterocycles. The third-order valence-electron chi connectivity index (χ3n) is 7.67. The summed E-state index contributed by atoms with van der Waals surface area (Å²) in [7, 11) is 0. The van der Waals surface area contributed by atoms with Gasteiger partial charge in [0.2, 0.25) is 17.7 Å². The standard InChI is InChI=1S/C26H37N3O5S/c1-6-17(13-30)29-22(24(32)27-14(3)4)26-15(5)12-19(35-26)20(21(26)25(29)33)23(31)28-16-8-10-18(11-9-16)34-7-2/h8-11,14-15,17,19-22,30H,6-7,12-13H2,1-5H3,(H,27,32)(H,28,31)/t15?,17-,19+,20-,21-,22?,26?/m0/s1. The molecule has 1 aromatic carbocycles. The summed E-state index contributed by atoms with van der Waals surface area (Å²) >= 11 is 1.64. The zero-order valence-electron chi connectivity index (χ0n) is 21.1. The predicted octanol–water partition coefficient (Wildman–Crippen LogP) is 2.66. The van der Waals surface area contributed by atoms with Crippen molar-refractivity contribution in [3.8, 4) is 5.75 Å². The molecule has 2 bridgehead atoms. The molecule has 192 valence electrons. The van der Waals surface area contributed by atoms with Crippen molar-refractivity contribution in [3.63, 3.8) is 0 Å². The van der Waals surface area contributed by atoms with E-state index in [1.54, 1.807) is 40.9 Å². The van der Waals surface area contributed by atoms with Gasteiger partial charge in [-0.3, -0.25) is 14.4 Å². The van der Waals surface area contributed by atoms with Gasteiger partial charge in [0.25, 0.3) is 0 Å². The number of carbonyl (C=O) groups is 3. The van der Waals surface area contributed by atoms with Crippen LogP contribution in [0.25, 0.3) is 0 Å². The second-order valence-electron chi connectivity index (χ2n) is 10.2. The number of hydrogen-bond donors (Lipinski definition) is 3. The van der Waals surface area contributed by atoms with E-state index >= 15 is 0 Å². The van der Waals surface area contributed by atoms with Crippen molar-refractivity contribution in [3.05, 3.63) is 24.3 Å². The fourth-order valence-electron chi connectivity index (χ4n) is 6.26. The van der Waals surface area contributed by atoms with Crippen LogP contribution in [0.4, 0.5) is 5.69 Å². The minimum Gasteiger partial charge on any atom is -0.494 e. The summed E-state index contributed by atoms with van der Waals surface area (Å²) < 4.78 is 4.79. The number of hydrogen-bond acceptors (Lipinski definition) is 6. The molecule has 4 rings (SSSR count). The highest BCUT2D eigenvalue weighted by atomic mass is 32.2. The molecule has 0 aromatic heterocycles. The number of ether oxygens (including phenoxy) is 1. The summed E-state index contributed by atoms with van der Waals surface area (Å²) in [5.74, 6) is -0.911. The predicted molar refractivity (Wildman–Crippen MR) is 136 cm³/mol. The number of fused-ring (bicyclic) bond motifs is 1. The molecule has 8 nitrogen and oxygen atoms in total. The average Bonchev–Trinajstić information content (AvgIpc) is 3.40. The molecule has 3 amide bonds. The van der Waals surface area contributed by atoms with Gasteiger partial charge in [0.05, 0.1) is 35.8 Å². The maximum absolute atomic E-state index is 14.0. The van der Waals surface area contributed by atoms with E-state index in [0.717, 1.165) is 12.2 Å². The molecular weight excluding hydrogens is 466 g/mol. The van der Waals surface area contributed by atoms with Crippen LogP contribution in [0, 0.1) is 17.8 Å². The molecule has 3 aliphatic heterocycles. The lowest BCUT2D eigenvalue weighted by molar-refractivity contribution is -0.142. The van der Waals surface area contributed by atoms with E-state index in [9.17, 15) is 19.5 Å². The number of aliphatic hydroxyl groups is 1. The fraction of sp³-hybridized carbons (Fsp3) is 0.654. The summed E-state index contributed by atoms with van der Waals surface area (Å²) in [4.78, 5) is 42.7. The lowest BCUT2D eigenvalue weighted by Gasteiger charge is -2.40. The molecule has 3 fully saturated rings. The Bertz CT molecular complexity index is 966. The van der Waals surface area contributed by atoms with Crippen LogP contribution in [0.1, 0.15) is 47.5 Å². The number of carbonyl (C=O) groups excluding carboxylic acids is 3. The largest absolute Gasteiger partial charge is 0.494 e. The van der Waals surface area contributed by atoms with Crippen molar-refractivity contribution >= 4 is 35.2 Å². The zero-order valence-corrected chi connectivity index (χ0v) is 21.9. The van der Waals surface area contributed by atoms with E-state index in [2.05, 4.69) is 17.6 Å². The second kappa shape index (κ2) is 10.0. The first-order valence-electron chi connectivity index (χ1n) is 12.6. The van der Waals surface area contributed by atoms with Crippen molar-refractivity contribution in [1.29, 1.82) is 0 Å². The molecule has 0 radical (unpaired) electrons. The van der Waals surface area contributed by atoms with Gasteiger partial charge in [-0.2, -0.15) is 0 Å². The number of thioether (sulfide) groups is 1. The summed E-state index contributed by atoms with van der Waals surface area (Å²) in [5.41, 5.74) is 0.645. The lowest BCUT2D eigenvalue weighted by Crippen LogP contribution is -2.59. The van der Waals surface area contributed by atoms with Crippen molar-refractivity contribution in [2.45, 2.75) is 75.6 Å². The smallest absolute Gasteiger partial charge is 0.244 e. The number of anilines is 1. The highest BCUT2D eigenvalue weighted by Gasteiger charge is 2.76. The highest BCUT2D eigenvalue weighted by Crippen LogP contribution is 2.68. The van der Waals surface area contributed by atoms with E-state index in [4.69, 9.17) is 4.74 Å². The van der Waals surface area contributed by atoms with Gasteiger partial charge in [0.15, 0.2) is 0 Å². The Hall–Kier alpha value is -2.26. The molecular formula is C26H37N3O5S. The Morgan fingerprint density at radius 2 is 1.91 bits per heavy atom. The van der Waals surface area contributed by atoms with Crippen molar-refractivity contribution in [1.82, 2.24) is 10.2 Å². The molecule has 3 heterocycles. The summed E-state index contributed by atoms with van der Waals surface area (Å²) in [6.45, 7) is 10.0. The first-order chi connectivity index (χ1) is 16.7. The molecule has 0 saturated carbocycles. The Labute approximate surface area is 211 Å². The first-order valence-corrected chi connectivity index (χ1v) is 13.5. The SMILES string of the molecule is CCOc1ccc(NC(=O)[C@@H]2[C@H]3C(=O)N([C@@H](CC)CO)C(C(=O)NC(C)C)C34S[C@@H]2CC4C)cc1. The van der Waals surface area contributed by atoms with Crippen LogP contribution < -0.4 is 15.4 Å². The quantitative estimate of drug-likeness (QED) is 0.478. The van der Waals surface area contributed by atoms with E-state index in [-0.39, 0.29) is 41.5 Å². The Morgan fingerprint density at radius 1 is 1.23 bits per heavy atom. The van der Waals surface area contributed by atoms with Crippen LogP contribution in [-0.4, -0.2) is 69.1 Å². The average molecular weight is 504 g/mol. The highest BCUT2D eigenvalue weighted by molar-refractivity contribution is 8.02. The minimum atomic E-state index is -0.715.